The van der Waals surface area contributed by atoms with Crippen molar-refractivity contribution in [2.24, 2.45) is 0 Å². The minimum atomic E-state index is 0.916. The van der Waals surface area contributed by atoms with Crippen molar-refractivity contribution >= 4 is 0 Å². The van der Waals surface area contributed by atoms with E-state index in [1.54, 1.807) is 0 Å². The average molecular weight is 162 g/mol. The van der Waals surface area contributed by atoms with Gasteiger partial charge in [-0.1, -0.05) is 42.0 Å². The fourth-order valence-electron chi connectivity index (χ4n) is 0.924. The van der Waals surface area contributed by atoms with Gasteiger partial charge in [-0.15, -0.1) is 6.58 Å². The van der Waals surface area contributed by atoms with Crippen LogP contribution in [0.15, 0.2) is 48.6 Å². The summed E-state index contributed by atoms with van der Waals surface area (Å²) in [6.45, 7) is 11.7. The zero-order valence-corrected chi connectivity index (χ0v) is 8.14. The molecule has 0 rings (SSSR count). The van der Waals surface area contributed by atoms with Gasteiger partial charge in [0.15, 0.2) is 0 Å². The van der Waals surface area contributed by atoms with Gasteiger partial charge in [-0.25, -0.2) is 0 Å². The molecule has 0 spiro atoms. The largest absolute Gasteiger partial charge is 0.103 e. The van der Waals surface area contributed by atoms with Gasteiger partial charge in [0.2, 0.25) is 0 Å². The minimum absolute atomic E-state index is 0.916. The molecule has 0 heterocycles. The molecule has 0 heteroatoms. The predicted molar refractivity (Wildman–Crippen MR) is 57.1 cm³/mol. The van der Waals surface area contributed by atoms with Gasteiger partial charge >= 0.3 is 0 Å². The number of rotatable bonds is 5. The Balaban J connectivity index is 3.86. The fraction of sp³-hybridized carbons (Fsp3) is 0.333. The van der Waals surface area contributed by atoms with Crippen LogP contribution >= 0.6 is 0 Å². The lowest BCUT2D eigenvalue weighted by molar-refractivity contribution is 1.11. The van der Waals surface area contributed by atoms with E-state index in [9.17, 15) is 0 Å². The molecule has 0 bridgehead atoms. The van der Waals surface area contributed by atoms with E-state index in [0.29, 0.717) is 0 Å². The van der Waals surface area contributed by atoms with Crippen molar-refractivity contribution in [3.8, 4) is 0 Å². The molecule has 0 saturated heterocycles. The van der Waals surface area contributed by atoms with E-state index in [4.69, 9.17) is 0 Å². The van der Waals surface area contributed by atoms with Gasteiger partial charge in [0, 0.05) is 0 Å². The lowest BCUT2D eigenvalue weighted by Gasteiger charge is -1.97. The topological polar surface area (TPSA) is 0 Å². The summed E-state index contributed by atoms with van der Waals surface area (Å²) in [6.07, 6.45) is 10.1. The van der Waals surface area contributed by atoms with E-state index in [0.717, 1.165) is 12.8 Å². The summed E-state index contributed by atoms with van der Waals surface area (Å²) in [5, 5.41) is 0. The van der Waals surface area contributed by atoms with Crippen molar-refractivity contribution in [3.05, 3.63) is 48.6 Å². The van der Waals surface area contributed by atoms with Gasteiger partial charge < -0.3 is 0 Å². The first-order chi connectivity index (χ1) is 5.70. The van der Waals surface area contributed by atoms with Crippen LogP contribution in [0.5, 0.6) is 0 Å². The maximum absolute atomic E-state index is 3.94. The van der Waals surface area contributed by atoms with E-state index in [1.165, 1.54) is 11.1 Å². The van der Waals surface area contributed by atoms with E-state index < -0.39 is 0 Å². The van der Waals surface area contributed by atoms with Crippen LogP contribution in [-0.2, 0) is 0 Å². The fourth-order valence-corrected chi connectivity index (χ4v) is 0.924. The van der Waals surface area contributed by atoms with E-state index in [-0.39, 0.29) is 0 Å². The second kappa shape index (κ2) is 6.66. The van der Waals surface area contributed by atoms with E-state index in [1.807, 2.05) is 19.1 Å². The first-order valence-corrected chi connectivity index (χ1v) is 4.27. The van der Waals surface area contributed by atoms with Crippen molar-refractivity contribution < 1.29 is 0 Å². The average Bonchev–Trinajstić information content (AvgIpc) is 2.02. The van der Waals surface area contributed by atoms with Crippen molar-refractivity contribution in [1.29, 1.82) is 0 Å². The molecule has 0 aliphatic carbocycles. The highest BCUT2D eigenvalue weighted by Gasteiger charge is 1.87. The van der Waals surface area contributed by atoms with Gasteiger partial charge in [-0.2, -0.15) is 0 Å². The Morgan fingerprint density at radius 2 is 2.00 bits per heavy atom. The molecule has 0 aromatic carbocycles. The summed E-state index contributed by atoms with van der Waals surface area (Å²) < 4.78 is 0. The summed E-state index contributed by atoms with van der Waals surface area (Å²) in [5.74, 6) is 0. The molecule has 0 aliphatic rings. The predicted octanol–water partition coefficient (Wildman–Crippen LogP) is 4.03. The smallest absolute Gasteiger partial charge is 0.0133 e. The third-order valence-electron chi connectivity index (χ3n) is 1.58. The summed E-state index contributed by atoms with van der Waals surface area (Å²) >= 11 is 0. The van der Waals surface area contributed by atoms with Gasteiger partial charge in [0.25, 0.3) is 0 Å². The highest BCUT2D eigenvalue weighted by Crippen LogP contribution is 2.07. The summed E-state index contributed by atoms with van der Waals surface area (Å²) in [4.78, 5) is 0. The first-order valence-electron chi connectivity index (χ1n) is 4.27. The quantitative estimate of drug-likeness (QED) is 0.423. The van der Waals surface area contributed by atoms with Crippen LogP contribution in [0.1, 0.15) is 26.7 Å². The minimum Gasteiger partial charge on any atom is -0.103 e. The summed E-state index contributed by atoms with van der Waals surface area (Å²) in [6, 6.07) is 0. The Hall–Kier alpha value is -1.04. The maximum Gasteiger partial charge on any atom is -0.0133 e. The molecule has 0 radical (unpaired) electrons. The van der Waals surface area contributed by atoms with Crippen LogP contribution in [0.2, 0.25) is 0 Å². The standard InChI is InChI=1S/C12H18/c1-5-7-11(3)9-10-12(4)8-6-2/h5-6,8,10H,1,3,7,9H2,2,4H3/b8-6-,12-10+. The summed E-state index contributed by atoms with van der Waals surface area (Å²) in [7, 11) is 0. The normalized spacial score (nSPS) is 12.0. The molecular weight excluding hydrogens is 144 g/mol. The zero-order chi connectivity index (χ0) is 9.40. The molecule has 0 amide bonds. The van der Waals surface area contributed by atoms with Crippen molar-refractivity contribution in [2.75, 3.05) is 0 Å². The second-order valence-corrected chi connectivity index (χ2v) is 2.90. The van der Waals surface area contributed by atoms with E-state index in [2.05, 4.69) is 32.2 Å². The maximum atomic E-state index is 3.94. The molecule has 0 aromatic heterocycles. The molecule has 0 aromatic rings. The van der Waals surface area contributed by atoms with Crippen LogP contribution in [0.25, 0.3) is 0 Å². The van der Waals surface area contributed by atoms with Crippen molar-refractivity contribution in [2.45, 2.75) is 26.7 Å². The zero-order valence-electron chi connectivity index (χ0n) is 8.14. The molecule has 12 heavy (non-hydrogen) atoms. The van der Waals surface area contributed by atoms with Crippen LogP contribution < -0.4 is 0 Å². The molecule has 0 nitrogen and oxygen atoms in total. The number of hydrogen-bond acceptors (Lipinski definition) is 0. The van der Waals surface area contributed by atoms with Gasteiger partial charge in [0.05, 0.1) is 0 Å². The Labute approximate surface area is 76.0 Å². The van der Waals surface area contributed by atoms with Gasteiger partial charge in [0.1, 0.15) is 0 Å². The Kier molecular flexibility index (Phi) is 6.08. The number of allylic oxidation sites excluding steroid dienone is 6. The molecular formula is C12H18. The van der Waals surface area contributed by atoms with Crippen LogP contribution in [0, 0.1) is 0 Å². The monoisotopic (exact) mass is 162 g/mol. The highest BCUT2D eigenvalue weighted by atomic mass is 13.9. The van der Waals surface area contributed by atoms with Crippen LogP contribution in [-0.4, -0.2) is 0 Å². The Morgan fingerprint density at radius 3 is 2.50 bits per heavy atom. The molecule has 0 saturated carbocycles. The van der Waals surface area contributed by atoms with E-state index >= 15 is 0 Å². The van der Waals surface area contributed by atoms with Crippen LogP contribution in [0.4, 0.5) is 0 Å². The van der Waals surface area contributed by atoms with Crippen molar-refractivity contribution in [1.82, 2.24) is 0 Å². The lowest BCUT2D eigenvalue weighted by atomic mass is 10.1. The number of hydrogen-bond donors (Lipinski definition) is 0. The molecule has 0 N–H and O–H groups in total. The SMILES string of the molecule is C=CCC(=C)C/C=C(C)/C=C\C. The van der Waals surface area contributed by atoms with Crippen LogP contribution in [0.3, 0.4) is 0 Å². The third kappa shape index (κ3) is 5.72. The molecule has 0 unspecified atom stereocenters. The lowest BCUT2D eigenvalue weighted by Crippen LogP contribution is -1.76. The third-order valence-corrected chi connectivity index (χ3v) is 1.58. The van der Waals surface area contributed by atoms with Crippen molar-refractivity contribution in [3.63, 3.8) is 0 Å². The van der Waals surface area contributed by atoms with Gasteiger partial charge in [-0.05, 0) is 26.7 Å². The molecule has 0 aliphatic heterocycles. The Morgan fingerprint density at radius 1 is 1.33 bits per heavy atom. The highest BCUT2D eigenvalue weighted by molar-refractivity contribution is 5.18. The van der Waals surface area contributed by atoms with Gasteiger partial charge in [-0.3, -0.25) is 0 Å². The molecule has 66 valence electrons. The molecule has 0 fully saturated rings. The first kappa shape index (κ1) is 11.0. The Bertz CT molecular complexity index is 204. The second-order valence-electron chi connectivity index (χ2n) is 2.90. The summed E-state index contributed by atoms with van der Waals surface area (Å²) in [5.41, 5.74) is 2.51. The molecule has 0 atom stereocenters.